The van der Waals surface area contributed by atoms with E-state index in [0.29, 0.717) is 18.9 Å². The molecule has 2 aromatic carbocycles. The average molecular weight is 280 g/mol. The molecule has 1 amide bonds. The van der Waals surface area contributed by atoms with Gasteiger partial charge in [0.25, 0.3) is 0 Å². The molecule has 0 saturated heterocycles. The summed E-state index contributed by atoms with van der Waals surface area (Å²) in [4.78, 5) is 12.0. The third-order valence-electron chi connectivity index (χ3n) is 4.14. The molecule has 3 heteroatoms. The Kier molecular flexibility index (Phi) is 4.02. The molecular weight excluding hydrogens is 260 g/mol. The van der Waals surface area contributed by atoms with Gasteiger partial charge in [-0.25, -0.2) is 0 Å². The summed E-state index contributed by atoms with van der Waals surface area (Å²) in [6, 6.07) is 17.9. The Balaban J connectivity index is 1.48. The molecule has 2 aromatic rings. The second-order valence-electron chi connectivity index (χ2n) is 5.63. The fraction of sp³-hybridized carbons (Fsp3) is 0.278. The monoisotopic (exact) mass is 280 g/mol. The van der Waals surface area contributed by atoms with Gasteiger partial charge in [0.2, 0.25) is 5.91 Å². The standard InChI is InChI=1S/C18H20N2O/c19-17(13-6-2-1-3-7-13)11-18(21)20-12-15-10-14-8-4-5-9-16(14)15/h1-9,15,17H,10-12,19H2,(H,20,21). The first-order valence-corrected chi connectivity index (χ1v) is 7.39. The van der Waals surface area contributed by atoms with Crippen LogP contribution in [0.4, 0.5) is 0 Å². The molecule has 1 aliphatic carbocycles. The van der Waals surface area contributed by atoms with Crippen LogP contribution in [0.5, 0.6) is 0 Å². The van der Waals surface area contributed by atoms with Crippen LogP contribution in [0.3, 0.4) is 0 Å². The summed E-state index contributed by atoms with van der Waals surface area (Å²) in [5.74, 6) is 0.480. The van der Waals surface area contributed by atoms with Crippen molar-refractivity contribution in [3.63, 3.8) is 0 Å². The normalized spacial score (nSPS) is 17.5. The maximum absolute atomic E-state index is 12.0. The maximum atomic E-state index is 12.0. The summed E-state index contributed by atoms with van der Waals surface area (Å²) < 4.78 is 0. The zero-order valence-electron chi connectivity index (χ0n) is 12.0. The Morgan fingerprint density at radius 2 is 1.86 bits per heavy atom. The summed E-state index contributed by atoms with van der Waals surface area (Å²) in [5, 5.41) is 3.01. The topological polar surface area (TPSA) is 55.1 Å². The van der Waals surface area contributed by atoms with Crippen LogP contribution in [0.2, 0.25) is 0 Å². The summed E-state index contributed by atoms with van der Waals surface area (Å²) in [6.07, 6.45) is 1.39. The Morgan fingerprint density at radius 3 is 2.62 bits per heavy atom. The lowest BCUT2D eigenvalue weighted by atomic mass is 9.77. The predicted molar refractivity (Wildman–Crippen MR) is 83.9 cm³/mol. The van der Waals surface area contributed by atoms with Crippen molar-refractivity contribution < 1.29 is 4.79 Å². The average Bonchev–Trinajstić information content (AvgIpc) is 2.49. The molecule has 0 saturated carbocycles. The van der Waals surface area contributed by atoms with Crippen LogP contribution in [0.25, 0.3) is 0 Å². The minimum Gasteiger partial charge on any atom is -0.355 e. The predicted octanol–water partition coefficient (Wildman–Crippen LogP) is 2.53. The highest BCUT2D eigenvalue weighted by atomic mass is 16.1. The van der Waals surface area contributed by atoms with Crippen molar-refractivity contribution in [2.45, 2.75) is 24.8 Å². The van der Waals surface area contributed by atoms with Crippen molar-refractivity contribution in [3.05, 3.63) is 71.3 Å². The number of hydrogen-bond donors (Lipinski definition) is 2. The Morgan fingerprint density at radius 1 is 1.14 bits per heavy atom. The van der Waals surface area contributed by atoms with E-state index in [2.05, 4.69) is 29.6 Å². The van der Waals surface area contributed by atoms with Crippen molar-refractivity contribution >= 4 is 5.91 Å². The van der Waals surface area contributed by atoms with Gasteiger partial charge in [0.05, 0.1) is 0 Å². The van der Waals surface area contributed by atoms with Crippen LogP contribution in [-0.2, 0) is 11.2 Å². The van der Waals surface area contributed by atoms with Crippen molar-refractivity contribution in [1.82, 2.24) is 5.32 Å². The molecule has 0 radical (unpaired) electrons. The number of nitrogens with one attached hydrogen (secondary N) is 1. The maximum Gasteiger partial charge on any atom is 0.221 e. The van der Waals surface area contributed by atoms with E-state index in [0.717, 1.165) is 12.0 Å². The van der Waals surface area contributed by atoms with E-state index in [9.17, 15) is 4.79 Å². The van der Waals surface area contributed by atoms with E-state index in [1.54, 1.807) is 0 Å². The van der Waals surface area contributed by atoms with Gasteiger partial charge in [-0.05, 0) is 23.1 Å². The van der Waals surface area contributed by atoms with Gasteiger partial charge < -0.3 is 11.1 Å². The van der Waals surface area contributed by atoms with E-state index >= 15 is 0 Å². The molecule has 21 heavy (non-hydrogen) atoms. The van der Waals surface area contributed by atoms with Gasteiger partial charge in [-0.15, -0.1) is 0 Å². The van der Waals surface area contributed by atoms with Crippen LogP contribution in [0.1, 0.15) is 35.1 Å². The molecule has 0 bridgehead atoms. The van der Waals surface area contributed by atoms with Crippen LogP contribution in [0.15, 0.2) is 54.6 Å². The molecule has 0 spiro atoms. The minimum atomic E-state index is -0.236. The largest absolute Gasteiger partial charge is 0.355 e. The number of nitrogens with two attached hydrogens (primary N) is 1. The highest BCUT2D eigenvalue weighted by Gasteiger charge is 2.25. The van der Waals surface area contributed by atoms with E-state index in [4.69, 9.17) is 5.73 Å². The van der Waals surface area contributed by atoms with E-state index in [-0.39, 0.29) is 11.9 Å². The number of carbonyl (C=O) groups excluding carboxylic acids is 1. The molecule has 2 atom stereocenters. The summed E-state index contributed by atoms with van der Waals surface area (Å²) in [6.45, 7) is 0.706. The molecule has 3 rings (SSSR count). The first-order valence-electron chi connectivity index (χ1n) is 7.39. The van der Waals surface area contributed by atoms with E-state index < -0.39 is 0 Å². The molecule has 2 unspecified atom stereocenters. The zero-order valence-corrected chi connectivity index (χ0v) is 12.0. The SMILES string of the molecule is NC(CC(=O)NCC1Cc2ccccc21)c1ccccc1. The lowest BCUT2D eigenvalue weighted by molar-refractivity contribution is -0.121. The Hall–Kier alpha value is -2.13. The fourth-order valence-electron chi connectivity index (χ4n) is 2.87. The molecule has 0 aliphatic heterocycles. The van der Waals surface area contributed by atoms with Gasteiger partial charge >= 0.3 is 0 Å². The fourth-order valence-corrected chi connectivity index (χ4v) is 2.87. The van der Waals surface area contributed by atoms with Crippen molar-refractivity contribution in [2.75, 3.05) is 6.54 Å². The molecule has 3 N–H and O–H groups in total. The van der Waals surface area contributed by atoms with Gasteiger partial charge in [0.1, 0.15) is 0 Å². The van der Waals surface area contributed by atoms with Crippen LogP contribution in [0, 0.1) is 0 Å². The molecule has 0 aromatic heterocycles. The number of rotatable bonds is 5. The smallest absolute Gasteiger partial charge is 0.221 e. The minimum absolute atomic E-state index is 0.0238. The van der Waals surface area contributed by atoms with Crippen molar-refractivity contribution in [3.8, 4) is 0 Å². The quantitative estimate of drug-likeness (QED) is 0.884. The highest BCUT2D eigenvalue weighted by molar-refractivity contribution is 5.77. The number of benzene rings is 2. The molecule has 0 fully saturated rings. The Labute approximate surface area is 125 Å². The molecule has 0 heterocycles. The van der Waals surface area contributed by atoms with Crippen LogP contribution in [-0.4, -0.2) is 12.5 Å². The second-order valence-corrected chi connectivity index (χ2v) is 5.63. The Bertz CT molecular complexity index is 624. The van der Waals surface area contributed by atoms with Gasteiger partial charge in [0, 0.05) is 24.9 Å². The van der Waals surface area contributed by atoms with E-state index in [1.165, 1.54) is 11.1 Å². The summed E-state index contributed by atoms with van der Waals surface area (Å²) in [5.41, 5.74) is 9.83. The van der Waals surface area contributed by atoms with Crippen molar-refractivity contribution in [1.29, 1.82) is 0 Å². The highest BCUT2D eigenvalue weighted by Crippen LogP contribution is 2.34. The first kappa shape index (κ1) is 13.8. The molecule has 3 nitrogen and oxygen atoms in total. The summed E-state index contributed by atoms with van der Waals surface area (Å²) in [7, 11) is 0. The zero-order chi connectivity index (χ0) is 14.7. The van der Waals surface area contributed by atoms with Gasteiger partial charge in [0.15, 0.2) is 0 Å². The van der Waals surface area contributed by atoms with Crippen molar-refractivity contribution in [2.24, 2.45) is 5.73 Å². The lowest BCUT2D eigenvalue weighted by Gasteiger charge is -2.30. The van der Waals surface area contributed by atoms with Gasteiger partial charge in [-0.3, -0.25) is 4.79 Å². The van der Waals surface area contributed by atoms with Crippen LogP contribution < -0.4 is 11.1 Å². The van der Waals surface area contributed by atoms with Gasteiger partial charge in [-0.1, -0.05) is 54.6 Å². The lowest BCUT2D eigenvalue weighted by Crippen LogP contribution is -2.34. The number of carbonyl (C=O) groups is 1. The molecular formula is C18H20N2O. The molecule has 108 valence electrons. The summed E-state index contributed by atoms with van der Waals surface area (Å²) >= 11 is 0. The van der Waals surface area contributed by atoms with E-state index in [1.807, 2.05) is 30.3 Å². The molecule has 1 aliphatic rings. The number of fused-ring (bicyclic) bond motifs is 1. The number of hydrogen-bond acceptors (Lipinski definition) is 2. The third kappa shape index (κ3) is 3.14. The van der Waals surface area contributed by atoms with Gasteiger partial charge in [-0.2, -0.15) is 0 Å². The third-order valence-corrected chi connectivity index (χ3v) is 4.14. The van der Waals surface area contributed by atoms with Crippen LogP contribution >= 0.6 is 0 Å². The first-order chi connectivity index (χ1) is 10.2. The number of amides is 1. The second kappa shape index (κ2) is 6.10.